The zero-order chi connectivity index (χ0) is 15.1. The van der Waals surface area contributed by atoms with Gasteiger partial charge in [-0.1, -0.05) is 49.7 Å². The Labute approximate surface area is 131 Å². The largest absolute Gasteiger partial charge is 0.352 e. The van der Waals surface area contributed by atoms with Crippen LogP contribution in [0.25, 0.3) is 10.8 Å². The van der Waals surface area contributed by atoms with Crippen LogP contribution in [0, 0.1) is 5.92 Å². The summed E-state index contributed by atoms with van der Waals surface area (Å²) >= 11 is 5.83. The number of nitrogens with one attached hydrogen (secondary N) is 1. The molecule has 1 unspecified atom stereocenters. The van der Waals surface area contributed by atoms with E-state index in [0.29, 0.717) is 18.3 Å². The summed E-state index contributed by atoms with van der Waals surface area (Å²) in [6.07, 6.45) is 3.17. The molecule has 21 heavy (non-hydrogen) atoms. The molecule has 0 aliphatic heterocycles. The second-order valence-corrected chi connectivity index (χ2v) is 5.75. The highest BCUT2D eigenvalue weighted by Gasteiger charge is 2.12. The lowest BCUT2D eigenvalue weighted by Crippen LogP contribution is -2.29. The number of benzene rings is 2. The number of hydrogen-bond acceptors (Lipinski definition) is 1. The van der Waals surface area contributed by atoms with Gasteiger partial charge in [0, 0.05) is 18.0 Å². The highest BCUT2D eigenvalue weighted by atomic mass is 35.5. The molecule has 0 radical (unpaired) electrons. The maximum absolute atomic E-state index is 12.4. The van der Waals surface area contributed by atoms with Crippen molar-refractivity contribution in [1.29, 1.82) is 0 Å². The van der Waals surface area contributed by atoms with Gasteiger partial charge < -0.3 is 5.32 Å². The Morgan fingerprint density at radius 2 is 1.90 bits per heavy atom. The normalized spacial score (nSPS) is 12.3. The highest BCUT2D eigenvalue weighted by Crippen LogP contribution is 2.18. The lowest BCUT2D eigenvalue weighted by molar-refractivity contribution is 0.0947. The minimum absolute atomic E-state index is 0.00229. The topological polar surface area (TPSA) is 29.1 Å². The van der Waals surface area contributed by atoms with E-state index in [1.165, 1.54) is 0 Å². The van der Waals surface area contributed by atoms with Crippen LogP contribution in [0.1, 0.15) is 36.5 Å². The molecule has 1 N–H and O–H groups in total. The van der Waals surface area contributed by atoms with Gasteiger partial charge >= 0.3 is 0 Å². The van der Waals surface area contributed by atoms with Gasteiger partial charge in [0.1, 0.15) is 0 Å². The van der Waals surface area contributed by atoms with E-state index in [9.17, 15) is 4.79 Å². The van der Waals surface area contributed by atoms with Crippen molar-refractivity contribution in [2.24, 2.45) is 5.92 Å². The fourth-order valence-corrected chi connectivity index (χ4v) is 2.98. The third-order valence-electron chi connectivity index (χ3n) is 3.80. The molecule has 112 valence electrons. The minimum atomic E-state index is 0.00229. The van der Waals surface area contributed by atoms with Gasteiger partial charge in [0.15, 0.2) is 0 Å². The summed E-state index contributed by atoms with van der Waals surface area (Å²) in [7, 11) is 0. The summed E-state index contributed by atoms with van der Waals surface area (Å²) in [5.41, 5.74) is 0.745. The maximum Gasteiger partial charge on any atom is 0.251 e. The van der Waals surface area contributed by atoms with Crippen molar-refractivity contribution in [3.8, 4) is 0 Å². The first kappa shape index (κ1) is 15.8. The molecule has 3 heteroatoms. The van der Waals surface area contributed by atoms with Crippen molar-refractivity contribution < 1.29 is 4.79 Å². The molecular formula is C18H22ClNO. The third kappa shape index (κ3) is 4.21. The van der Waals surface area contributed by atoms with Gasteiger partial charge in [-0.2, -0.15) is 0 Å². The number of alkyl halides is 1. The number of amides is 1. The molecule has 0 fully saturated rings. The molecule has 2 rings (SSSR count). The van der Waals surface area contributed by atoms with Crippen LogP contribution in [-0.4, -0.2) is 18.3 Å². The maximum atomic E-state index is 12.4. The first-order chi connectivity index (χ1) is 10.3. The lowest BCUT2D eigenvalue weighted by Gasteiger charge is -2.16. The van der Waals surface area contributed by atoms with E-state index in [2.05, 4.69) is 12.2 Å². The number of halogens is 1. The summed E-state index contributed by atoms with van der Waals surface area (Å²) < 4.78 is 0. The van der Waals surface area contributed by atoms with E-state index >= 15 is 0 Å². The Kier molecular flexibility index (Phi) is 6.06. The Bertz CT molecular complexity index is 585. The molecule has 0 bridgehead atoms. The van der Waals surface area contributed by atoms with Gasteiger partial charge in [-0.25, -0.2) is 0 Å². The fraction of sp³-hybridized carbons (Fsp3) is 0.389. The summed E-state index contributed by atoms with van der Waals surface area (Å²) in [6.45, 7) is 2.86. The summed E-state index contributed by atoms with van der Waals surface area (Å²) in [4.78, 5) is 12.4. The molecule has 0 aliphatic carbocycles. The van der Waals surface area contributed by atoms with Crippen LogP contribution in [0.3, 0.4) is 0 Å². The quantitative estimate of drug-likeness (QED) is 0.743. The molecule has 0 spiro atoms. The number of rotatable bonds is 7. The molecule has 0 aromatic heterocycles. The molecule has 2 nitrogen and oxygen atoms in total. The summed E-state index contributed by atoms with van der Waals surface area (Å²) in [5, 5.41) is 5.16. The number of carbonyl (C=O) groups is 1. The molecule has 1 amide bonds. The second kappa shape index (κ2) is 8.04. The van der Waals surface area contributed by atoms with Gasteiger partial charge in [-0.05, 0) is 35.6 Å². The van der Waals surface area contributed by atoms with Crippen LogP contribution in [0.15, 0.2) is 42.5 Å². The first-order valence-corrected chi connectivity index (χ1v) is 8.11. The van der Waals surface area contributed by atoms with Gasteiger partial charge in [0.2, 0.25) is 0 Å². The van der Waals surface area contributed by atoms with Crippen LogP contribution in [0.4, 0.5) is 0 Å². The van der Waals surface area contributed by atoms with E-state index in [1.807, 2.05) is 42.5 Å². The van der Waals surface area contributed by atoms with Crippen molar-refractivity contribution in [2.45, 2.75) is 26.2 Å². The van der Waals surface area contributed by atoms with Gasteiger partial charge in [0.05, 0.1) is 0 Å². The number of fused-ring (bicyclic) bond motifs is 1. The van der Waals surface area contributed by atoms with Gasteiger partial charge in [-0.3, -0.25) is 4.79 Å². The Balaban J connectivity index is 2.08. The summed E-state index contributed by atoms with van der Waals surface area (Å²) in [5.74, 6) is 1.11. The van der Waals surface area contributed by atoms with E-state index in [4.69, 9.17) is 11.6 Å². The van der Waals surface area contributed by atoms with E-state index in [-0.39, 0.29) is 5.91 Å². The fourth-order valence-electron chi connectivity index (χ4n) is 2.67. The van der Waals surface area contributed by atoms with Gasteiger partial charge in [-0.15, -0.1) is 11.6 Å². The first-order valence-electron chi connectivity index (χ1n) is 7.58. The Morgan fingerprint density at radius 1 is 1.14 bits per heavy atom. The van der Waals surface area contributed by atoms with Crippen molar-refractivity contribution in [3.05, 3.63) is 48.0 Å². The molecule has 0 saturated heterocycles. The van der Waals surface area contributed by atoms with Crippen LogP contribution >= 0.6 is 11.6 Å². The number of hydrogen-bond donors (Lipinski definition) is 1. The molecule has 0 aliphatic rings. The number of carbonyl (C=O) groups excluding carboxylic acids is 1. The van der Waals surface area contributed by atoms with Crippen LogP contribution in [0.2, 0.25) is 0 Å². The zero-order valence-electron chi connectivity index (χ0n) is 12.4. The average molecular weight is 304 g/mol. The van der Waals surface area contributed by atoms with E-state index < -0.39 is 0 Å². The lowest BCUT2D eigenvalue weighted by atomic mass is 10.00. The predicted octanol–water partition coefficient (Wildman–Crippen LogP) is 4.61. The van der Waals surface area contributed by atoms with Crippen molar-refractivity contribution >= 4 is 28.3 Å². The average Bonchev–Trinajstić information content (AvgIpc) is 2.52. The monoisotopic (exact) mass is 303 g/mol. The highest BCUT2D eigenvalue weighted by molar-refractivity contribution is 6.17. The van der Waals surface area contributed by atoms with Crippen LogP contribution < -0.4 is 5.32 Å². The van der Waals surface area contributed by atoms with Crippen molar-refractivity contribution in [2.75, 3.05) is 12.4 Å². The third-order valence-corrected chi connectivity index (χ3v) is 4.02. The second-order valence-electron chi connectivity index (χ2n) is 5.37. The van der Waals surface area contributed by atoms with Crippen molar-refractivity contribution in [1.82, 2.24) is 5.32 Å². The van der Waals surface area contributed by atoms with Gasteiger partial charge in [0.25, 0.3) is 5.91 Å². The summed E-state index contributed by atoms with van der Waals surface area (Å²) in [6, 6.07) is 13.8. The van der Waals surface area contributed by atoms with E-state index in [1.54, 1.807) is 0 Å². The molecular weight excluding hydrogens is 282 g/mol. The smallest absolute Gasteiger partial charge is 0.251 e. The van der Waals surface area contributed by atoms with Crippen LogP contribution in [0.5, 0.6) is 0 Å². The standard InChI is InChI=1S/C18H22ClNO/c1-2-6-14(11-12-19)13-20-18(21)17-10-5-8-15-7-3-4-9-16(15)17/h3-5,7-10,14H,2,6,11-13H2,1H3,(H,20,21). The van der Waals surface area contributed by atoms with Crippen LogP contribution in [-0.2, 0) is 0 Å². The molecule has 0 saturated carbocycles. The minimum Gasteiger partial charge on any atom is -0.352 e. The Hall–Kier alpha value is -1.54. The molecule has 2 aromatic rings. The molecule has 0 heterocycles. The SMILES string of the molecule is CCCC(CCCl)CNC(=O)c1cccc2ccccc12. The van der Waals surface area contributed by atoms with E-state index in [0.717, 1.165) is 35.6 Å². The predicted molar refractivity (Wildman–Crippen MR) is 90.0 cm³/mol. The zero-order valence-corrected chi connectivity index (χ0v) is 13.2. The Morgan fingerprint density at radius 3 is 2.67 bits per heavy atom. The molecule has 1 atom stereocenters. The molecule has 2 aromatic carbocycles. The van der Waals surface area contributed by atoms with Crippen molar-refractivity contribution in [3.63, 3.8) is 0 Å².